The van der Waals surface area contributed by atoms with Crippen molar-refractivity contribution in [2.75, 3.05) is 12.4 Å². The Hall–Kier alpha value is -3.81. The second-order valence-electron chi connectivity index (χ2n) is 10.6. The van der Waals surface area contributed by atoms with Crippen molar-refractivity contribution in [1.29, 1.82) is 5.26 Å². The van der Waals surface area contributed by atoms with E-state index in [1.165, 1.54) is 0 Å². The molecule has 38 heavy (non-hydrogen) atoms. The average Bonchev–Trinajstić information content (AvgIpc) is 2.91. The smallest absolute Gasteiger partial charge is 0.0944 e. The van der Waals surface area contributed by atoms with Crippen molar-refractivity contribution in [3.05, 3.63) is 121 Å². The molecule has 2 N–H and O–H groups in total. The summed E-state index contributed by atoms with van der Waals surface area (Å²) in [6.45, 7) is 25.7. The molecule has 0 aliphatic heterocycles. The van der Waals surface area contributed by atoms with Gasteiger partial charge >= 0.3 is 0 Å². The first-order valence-corrected chi connectivity index (χ1v) is 13.2. The highest BCUT2D eigenvalue weighted by Gasteiger charge is 2.22. The van der Waals surface area contributed by atoms with Crippen molar-refractivity contribution in [1.82, 2.24) is 10.2 Å². The number of nitriles is 1. The van der Waals surface area contributed by atoms with E-state index in [-0.39, 0.29) is 17.5 Å². The van der Waals surface area contributed by atoms with Crippen molar-refractivity contribution in [2.24, 2.45) is 5.92 Å². The highest BCUT2D eigenvalue weighted by atomic mass is 15.2. The molecule has 0 bridgehead atoms. The number of hydrogen-bond acceptors (Lipinski definition) is 4. The van der Waals surface area contributed by atoms with Crippen molar-refractivity contribution in [3.63, 3.8) is 0 Å². The van der Waals surface area contributed by atoms with Crippen LogP contribution in [0.15, 0.2) is 110 Å². The molecule has 0 spiro atoms. The van der Waals surface area contributed by atoms with Crippen LogP contribution in [0.1, 0.15) is 51.7 Å². The van der Waals surface area contributed by atoms with Crippen LogP contribution in [0.3, 0.4) is 0 Å². The molecular weight excluding hydrogens is 464 g/mol. The fourth-order valence-corrected chi connectivity index (χ4v) is 4.19. The molecular formula is C34H44N4. The van der Waals surface area contributed by atoms with Gasteiger partial charge in [-0.2, -0.15) is 5.26 Å². The molecule has 0 radical (unpaired) electrons. The van der Waals surface area contributed by atoms with E-state index < -0.39 is 0 Å². The number of hydrogen-bond donors (Lipinski definition) is 2. The monoisotopic (exact) mass is 508 g/mol. The summed E-state index contributed by atoms with van der Waals surface area (Å²) in [5.41, 5.74) is 6.46. The summed E-state index contributed by atoms with van der Waals surface area (Å²) in [5, 5.41) is 16.3. The van der Waals surface area contributed by atoms with Crippen LogP contribution in [0.4, 0.5) is 5.69 Å². The minimum absolute atomic E-state index is 0.0507. The molecule has 4 heteroatoms. The van der Waals surface area contributed by atoms with Crippen molar-refractivity contribution in [3.8, 4) is 6.07 Å². The van der Waals surface area contributed by atoms with E-state index in [4.69, 9.17) is 0 Å². The predicted molar refractivity (Wildman–Crippen MR) is 164 cm³/mol. The Balaban J connectivity index is 2.09. The molecule has 0 heterocycles. The van der Waals surface area contributed by atoms with Crippen LogP contribution in [0.2, 0.25) is 0 Å². The highest BCUT2D eigenvalue weighted by molar-refractivity contribution is 5.69. The fraction of sp³-hybridized carbons (Fsp3) is 0.324. The maximum Gasteiger partial charge on any atom is 0.0944 e. The molecule has 0 fully saturated rings. The van der Waals surface area contributed by atoms with Gasteiger partial charge in [0.25, 0.3) is 0 Å². The Bertz CT molecular complexity index is 1170. The van der Waals surface area contributed by atoms with E-state index in [2.05, 4.69) is 125 Å². The number of nitrogens with one attached hydrogen (secondary N) is 2. The lowest BCUT2D eigenvalue weighted by molar-refractivity contribution is 0.266. The third-order valence-corrected chi connectivity index (χ3v) is 6.89. The third kappa shape index (κ3) is 8.64. The molecule has 4 nitrogen and oxygen atoms in total. The molecule has 0 aliphatic rings. The van der Waals surface area contributed by atoms with Crippen LogP contribution in [-0.4, -0.2) is 23.5 Å². The standard InChI is InChI=1S/C34H44N4/c1-10-15-31(26(4)23-35)32(11-2)36-24-28-18-20-30(21-19-28)37-27(5)25(3)22-33(38(9)34(6,7)8)29-16-13-12-14-17-29/h10,12-14,16-22,31-32,36-37H,1,3-5,11,15,24H2,2,6-9H3/b33-22-. The van der Waals surface area contributed by atoms with E-state index in [0.29, 0.717) is 12.1 Å². The molecule has 2 atom stereocenters. The molecule has 2 aromatic rings. The van der Waals surface area contributed by atoms with E-state index in [9.17, 15) is 5.26 Å². The predicted octanol–water partition coefficient (Wildman–Crippen LogP) is 8.08. The first kappa shape index (κ1) is 30.4. The second kappa shape index (κ2) is 14.2. The Kier molecular flexibility index (Phi) is 11.4. The number of nitrogens with zero attached hydrogens (tertiary/aromatic N) is 2. The van der Waals surface area contributed by atoms with Gasteiger partial charge in [0, 0.05) is 53.7 Å². The van der Waals surface area contributed by atoms with Gasteiger partial charge in [0.05, 0.1) is 6.07 Å². The van der Waals surface area contributed by atoms with Crippen LogP contribution in [-0.2, 0) is 6.54 Å². The quantitative estimate of drug-likeness (QED) is 0.154. The number of benzene rings is 2. The van der Waals surface area contributed by atoms with Gasteiger partial charge in [-0.25, -0.2) is 0 Å². The average molecular weight is 509 g/mol. The zero-order chi connectivity index (χ0) is 28.3. The van der Waals surface area contributed by atoms with Gasteiger partial charge in [-0.05, 0) is 68.5 Å². The summed E-state index contributed by atoms with van der Waals surface area (Å²) in [4.78, 5) is 2.26. The Labute approximate surface area is 230 Å². The fourth-order valence-electron chi connectivity index (χ4n) is 4.19. The minimum Gasteiger partial charge on any atom is -0.369 e. The minimum atomic E-state index is -0.0507. The Morgan fingerprint density at radius 3 is 2.21 bits per heavy atom. The van der Waals surface area contributed by atoms with Crippen molar-refractivity contribution in [2.45, 2.75) is 58.7 Å². The summed E-state index contributed by atoms with van der Waals surface area (Å²) in [6, 6.07) is 21.0. The number of anilines is 1. The third-order valence-electron chi connectivity index (χ3n) is 6.89. The molecule has 0 amide bonds. The van der Waals surface area contributed by atoms with Crippen LogP contribution in [0.25, 0.3) is 5.70 Å². The lowest BCUT2D eigenvalue weighted by Gasteiger charge is -2.36. The summed E-state index contributed by atoms with van der Waals surface area (Å²) in [6.07, 6.45) is 5.59. The highest BCUT2D eigenvalue weighted by Crippen LogP contribution is 2.28. The van der Waals surface area contributed by atoms with E-state index in [1.807, 2.05) is 24.3 Å². The zero-order valence-electron chi connectivity index (χ0n) is 23.8. The molecule has 2 unspecified atom stereocenters. The number of rotatable bonds is 14. The molecule has 0 aromatic heterocycles. The normalized spacial score (nSPS) is 13.1. The van der Waals surface area contributed by atoms with Gasteiger partial charge in [0.1, 0.15) is 0 Å². The van der Waals surface area contributed by atoms with Gasteiger partial charge in [0.15, 0.2) is 0 Å². The first-order chi connectivity index (χ1) is 18.0. The zero-order valence-corrected chi connectivity index (χ0v) is 23.8. The summed E-state index contributed by atoms with van der Waals surface area (Å²) < 4.78 is 0. The Morgan fingerprint density at radius 2 is 1.68 bits per heavy atom. The van der Waals surface area contributed by atoms with Crippen molar-refractivity contribution < 1.29 is 0 Å². The van der Waals surface area contributed by atoms with Crippen LogP contribution in [0.5, 0.6) is 0 Å². The first-order valence-electron chi connectivity index (χ1n) is 13.2. The SMILES string of the molecule is C=CCC(C(=C)C#N)C(CC)NCc1ccc(NC(=C)C(=C)/C=C(/c2ccccc2)N(C)C(C)(C)C)cc1. The summed E-state index contributed by atoms with van der Waals surface area (Å²) >= 11 is 0. The van der Waals surface area contributed by atoms with E-state index in [1.54, 1.807) is 0 Å². The molecule has 0 saturated heterocycles. The van der Waals surface area contributed by atoms with Gasteiger partial charge in [0.2, 0.25) is 0 Å². The second-order valence-corrected chi connectivity index (χ2v) is 10.6. The van der Waals surface area contributed by atoms with Crippen LogP contribution < -0.4 is 10.6 Å². The van der Waals surface area contributed by atoms with Gasteiger partial charge in [-0.15, -0.1) is 6.58 Å². The Morgan fingerprint density at radius 1 is 1.05 bits per heavy atom. The maximum absolute atomic E-state index is 9.33. The van der Waals surface area contributed by atoms with Gasteiger partial charge in [-0.3, -0.25) is 0 Å². The maximum atomic E-state index is 9.33. The molecule has 0 aliphatic carbocycles. The van der Waals surface area contributed by atoms with Gasteiger partial charge < -0.3 is 15.5 Å². The number of allylic oxidation sites excluding steroid dienone is 2. The molecule has 0 saturated carbocycles. The molecule has 2 rings (SSSR count). The topological polar surface area (TPSA) is 51.1 Å². The van der Waals surface area contributed by atoms with E-state index in [0.717, 1.165) is 46.6 Å². The van der Waals surface area contributed by atoms with Crippen LogP contribution >= 0.6 is 0 Å². The molecule has 2 aromatic carbocycles. The van der Waals surface area contributed by atoms with Gasteiger partial charge in [-0.1, -0.05) is 75.2 Å². The van der Waals surface area contributed by atoms with E-state index >= 15 is 0 Å². The lowest BCUT2D eigenvalue weighted by Crippen LogP contribution is -2.36. The lowest BCUT2D eigenvalue weighted by atomic mass is 9.88. The summed E-state index contributed by atoms with van der Waals surface area (Å²) in [7, 11) is 2.11. The van der Waals surface area contributed by atoms with Crippen molar-refractivity contribution >= 4 is 11.4 Å². The largest absolute Gasteiger partial charge is 0.369 e. The summed E-state index contributed by atoms with van der Waals surface area (Å²) in [5.74, 6) is 0.0592. The molecule has 200 valence electrons. The van der Waals surface area contributed by atoms with Crippen LogP contribution in [0, 0.1) is 17.2 Å².